The number of ether oxygens (including phenoxy) is 2. The summed E-state index contributed by atoms with van der Waals surface area (Å²) in [7, 11) is 1.46. The number of halogens is 1. The zero-order valence-electron chi connectivity index (χ0n) is 21.5. The third kappa shape index (κ3) is 7.25. The zero-order chi connectivity index (χ0) is 28.0. The van der Waals surface area contributed by atoms with Gasteiger partial charge in [0.15, 0.2) is 5.78 Å². The summed E-state index contributed by atoms with van der Waals surface area (Å²) in [6.45, 7) is 6.45. The number of hydrogen-bond donors (Lipinski definition) is 3. The van der Waals surface area contributed by atoms with Gasteiger partial charge in [0.2, 0.25) is 5.82 Å². The standard InChI is InChI=1S/C24H28BrN7O6/c1-13-17(20(34)14-7-6-8-15(25)11-14)19(22(35)26-5)28-18(13)21-29-31-32(30-21)9-10-37-16(33)12-27-23(36)38-24(2,3)4/h6-8,11,28H,9-10,12H2,1-5H3,(H,26,35)(H,27,36). The molecule has 2 heterocycles. The smallest absolute Gasteiger partial charge is 0.408 e. The van der Waals surface area contributed by atoms with E-state index >= 15 is 0 Å². The van der Waals surface area contributed by atoms with E-state index in [-0.39, 0.29) is 42.6 Å². The quantitative estimate of drug-likeness (QED) is 0.250. The third-order valence-electron chi connectivity index (χ3n) is 5.02. The third-order valence-corrected chi connectivity index (χ3v) is 5.52. The van der Waals surface area contributed by atoms with Gasteiger partial charge in [-0.1, -0.05) is 28.1 Å². The molecule has 0 saturated carbocycles. The van der Waals surface area contributed by atoms with E-state index in [4.69, 9.17) is 9.47 Å². The molecule has 0 bridgehead atoms. The van der Waals surface area contributed by atoms with Crippen LogP contribution in [0.2, 0.25) is 0 Å². The lowest BCUT2D eigenvalue weighted by atomic mass is 9.99. The van der Waals surface area contributed by atoms with Gasteiger partial charge < -0.3 is 25.1 Å². The van der Waals surface area contributed by atoms with Gasteiger partial charge in [-0.15, -0.1) is 10.2 Å². The average molecular weight is 590 g/mol. The van der Waals surface area contributed by atoms with E-state index in [0.29, 0.717) is 16.8 Å². The van der Waals surface area contributed by atoms with Crippen LogP contribution >= 0.6 is 15.9 Å². The fraction of sp³-hybridized carbons (Fsp3) is 0.375. The summed E-state index contributed by atoms with van der Waals surface area (Å²) in [5.41, 5.74) is 0.820. The van der Waals surface area contributed by atoms with Crippen LogP contribution in [0.25, 0.3) is 11.5 Å². The van der Waals surface area contributed by atoms with Gasteiger partial charge in [-0.2, -0.15) is 4.80 Å². The first-order valence-electron chi connectivity index (χ1n) is 11.5. The van der Waals surface area contributed by atoms with Gasteiger partial charge in [0, 0.05) is 17.1 Å². The Balaban J connectivity index is 1.69. The van der Waals surface area contributed by atoms with Crippen molar-refractivity contribution in [2.24, 2.45) is 0 Å². The first-order valence-corrected chi connectivity index (χ1v) is 12.3. The normalized spacial score (nSPS) is 11.1. The molecule has 0 unspecified atom stereocenters. The molecule has 2 amide bonds. The molecule has 0 spiro atoms. The van der Waals surface area contributed by atoms with Gasteiger partial charge in [-0.25, -0.2) is 4.79 Å². The van der Waals surface area contributed by atoms with Crippen molar-refractivity contribution in [3.05, 3.63) is 51.1 Å². The molecule has 3 aromatic rings. The maximum atomic E-state index is 13.3. The molecule has 0 aliphatic heterocycles. The van der Waals surface area contributed by atoms with Gasteiger partial charge in [-0.3, -0.25) is 14.4 Å². The summed E-state index contributed by atoms with van der Waals surface area (Å²) < 4.78 is 10.9. The number of amides is 2. The predicted octanol–water partition coefficient (Wildman–Crippen LogP) is 2.40. The molecule has 38 heavy (non-hydrogen) atoms. The van der Waals surface area contributed by atoms with Crippen molar-refractivity contribution in [2.75, 3.05) is 20.2 Å². The van der Waals surface area contributed by atoms with E-state index < -0.39 is 23.6 Å². The summed E-state index contributed by atoms with van der Waals surface area (Å²) in [6, 6.07) is 6.85. The van der Waals surface area contributed by atoms with Crippen LogP contribution in [0.1, 0.15) is 52.7 Å². The van der Waals surface area contributed by atoms with Gasteiger partial charge in [-0.05, 0) is 50.6 Å². The second-order valence-corrected chi connectivity index (χ2v) is 9.99. The van der Waals surface area contributed by atoms with Gasteiger partial charge in [0.1, 0.15) is 24.4 Å². The number of aromatic amines is 1. The zero-order valence-corrected chi connectivity index (χ0v) is 23.1. The van der Waals surface area contributed by atoms with E-state index in [2.05, 4.69) is 47.0 Å². The maximum Gasteiger partial charge on any atom is 0.408 e. The fourth-order valence-corrected chi connectivity index (χ4v) is 3.76. The first-order chi connectivity index (χ1) is 17.9. The lowest BCUT2D eigenvalue weighted by Gasteiger charge is -2.19. The molecule has 0 radical (unpaired) electrons. The molecule has 0 saturated heterocycles. The predicted molar refractivity (Wildman–Crippen MR) is 139 cm³/mol. The number of carbonyl (C=O) groups is 4. The Hall–Kier alpha value is -4.07. The minimum Gasteiger partial charge on any atom is -0.462 e. The molecule has 3 N–H and O–H groups in total. The highest BCUT2D eigenvalue weighted by atomic mass is 79.9. The maximum absolute atomic E-state index is 13.3. The number of alkyl carbamates (subject to hydrolysis) is 1. The summed E-state index contributed by atoms with van der Waals surface area (Å²) in [5.74, 6) is -1.33. The summed E-state index contributed by atoms with van der Waals surface area (Å²) >= 11 is 3.36. The lowest BCUT2D eigenvalue weighted by molar-refractivity contribution is -0.142. The number of aromatic nitrogens is 5. The van der Waals surface area contributed by atoms with E-state index in [0.717, 1.165) is 4.47 Å². The van der Waals surface area contributed by atoms with Crippen molar-refractivity contribution in [3.8, 4) is 11.5 Å². The topological polar surface area (TPSA) is 170 Å². The van der Waals surface area contributed by atoms with Crippen LogP contribution < -0.4 is 10.6 Å². The summed E-state index contributed by atoms with van der Waals surface area (Å²) in [6.07, 6.45) is -0.729. The van der Waals surface area contributed by atoms with Gasteiger partial charge >= 0.3 is 12.1 Å². The average Bonchev–Trinajstić information content (AvgIpc) is 3.45. The van der Waals surface area contributed by atoms with E-state index in [9.17, 15) is 19.2 Å². The Morgan fingerprint density at radius 3 is 2.58 bits per heavy atom. The van der Waals surface area contributed by atoms with Crippen molar-refractivity contribution in [1.29, 1.82) is 0 Å². The molecule has 14 heteroatoms. The van der Waals surface area contributed by atoms with E-state index in [1.807, 2.05) is 0 Å². The number of nitrogens with one attached hydrogen (secondary N) is 3. The van der Waals surface area contributed by atoms with Crippen molar-refractivity contribution in [1.82, 2.24) is 35.8 Å². The number of tetrazole rings is 1. The molecule has 0 aliphatic rings. The molecular weight excluding hydrogens is 562 g/mol. The van der Waals surface area contributed by atoms with E-state index in [1.54, 1.807) is 52.0 Å². The Labute approximate surface area is 226 Å². The first kappa shape index (κ1) is 28.5. The molecule has 3 rings (SSSR count). The van der Waals surface area contributed by atoms with Crippen molar-refractivity contribution >= 4 is 39.7 Å². The minimum atomic E-state index is -0.729. The Bertz CT molecular complexity index is 1360. The fourth-order valence-electron chi connectivity index (χ4n) is 3.36. The molecule has 0 atom stereocenters. The Morgan fingerprint density at radius 2 is 1.92 bits per heavy atom. The van der Waals surface area contributed by atoms with Crippen LogP contribution in [0.15, 0.2) is 28.7 Å². The van der Waals surface area contributed by atoms with Crippen molar-refractivity contribution < 1.29 is 28.7 Å². The number of nitrogens with zero attached hydrogens (tertiary/aromatic N) is 4. The number of rotatable bonds is 9. The Kier molecular flexibility index (Phi) is 8.99. The monoisotopic (exact) mass is 589 g/mol. The largest absolute Gasteiger partial charge is 0.462 e. The number of carbonyl (C=O) groups excluding carboxylic acids is 4. The highest BCUT2D eigenvalue weighted by molar-refractivity contribution is 9.10. The molecular formula is C24H28BrN7O6. The van der Waals surface area contributed by atoms with Crippen molar-refractivity contribution in [2.45, 2.75) is 39.8 Å². The molecule has 13 nitrogen and oxygen atoms in total. The number of ketones is 1. The van der Waals surface area contributed by atoms with Gasteiger partial charge in [0.25, 0.3) is 5.91 Å². The highest BCUT2D eigenvalue weighted by Crippen LogP contribution is 2.28. The second-order valence-electron chi connectivity index (χ2n) is 9.08. The summed E-state index contributed by atoms with van der Waals surface area (Å²) in [5, 5.41) is 17.1. The van der Waals surface area contributed by atoms with Crippen LogP contribution in [0.4, 0.5) is 4.79 Å². The molecule has 1 aromatic carbocycles. The number of hydrogen-bond acceptors (Lipinski definition) is 9. The number of benzene rings is 1. The molecule has 0 aliphatic carbocycles. The lowest BCUT2D eigenvalue weighted by Crippen LogP contribution is -2.36. The van der Waals surface area contributed by atoms with Crippen LogP contribution in [-0.4, -0.2) is 74.7 Å². The molecule has 2 aromatic heterocycles. The SMILES string of the molecule is CNC(=O)c1[nH]c(-c2nnn(CCOC(=O)CNC(=O)OC(C)(C)C)n2)c(C)c1C(=O)c1cccc(Br)c1. The Morgan fingerprint density at radius 1 is 1.18 bits per heavy atom. The van der Waals surface area contributed by atoms with Crippen molar-refractivity contribution in [3.63, 3.8) is 0 Å². The van der Waals surface area contributed by atoms with Gasteiger partial charge in [0.05, 0.1) is 17.8 Å². The van der Waals surface area contributed by atoms with Crippen LogP contribution in [0, 0.1) is 6.92 Å². The number of esters is 1. The van der Waals surface area contributed by atoms with Crippen LogP contribution in [0.5, 0.6) is 0 Å². The summed E-state index contributed by atoms with van der Waals surface area (Å²) in [4.78, 5) is 53.5. The van der Waals surface area contributed by atoms with Crippen LogP contribution in [0.3, 0.4) is 0 Å². The number of H-pyrrole nitrogens is 1. The second kappa shape index (κ2) is 12.0. The van der Waals surface area contributed by atoms with E-state index in [1.165, 1.54) is 11.8 Å². The highest BCUT2D eigenvalue weighted by Gasteiger charge is 2.27. The van der Waals surface area contributed by atoms with Crippen LogP contribution in [-0.2, 0) is 20.8 Å². The molecule has 0 fully saturated rings. The minimum absolute atomic E-state index is 0.0766. The molecule has 202 valence electrons.